The Labute approximate surface area is 195 Å². The predicted octanol–water partition coefficient (Wildman–Crippen LogP) is 4.59. The van der Waals surface area contributed by atoms with Crippen molar-refractivity contribution >= 4 is 46.1 Å². The third-order valence-corrected chi connectivity index (χ3v) is 6.89. The second-order valence-electron chi connectivity index (χ2n) is 8.31. The average molecular weight is 477 g/mol. The van der Waals surface area contributed by atoms with Gasteiger partial charge in [0.25, 0.3) is 0 Å². The number of hydrogen-bond acceptors (Lipinski definition) is 4. The van der Waals surface area contributed by atoms with Crippen molar-refractivity contribution in [3.05, 3.63) is 52.3 Å². The summed E-state index contributed by atoms with van der Waals surface area (Å²) >= 11 is 12.5. The van der Waals surface area contributed by atoms with E-state index in [1.165, 1.54) is 12.1 Å². The molecule has 2 aliphatic heterocycles. The van der Waals surface area contributed by atoms with Crippen LogP contribution in [-0.4, -0.2) is 47.8 Å². The van der Waals surface area contributed by atoms with Gasteiger partial charge < -0.3 is 15.0 Å². The standard InChI is InChI=1S/C23H23Cl2FN4O2/c24-18-11-20-21(12-19(18)25)30(17-3-1-2-15(26)10-17)23(28-20)29-7-4-14(5-8-29)22(31)27-16-6-9-32-13-16/h1-3,10-12,14,16H,4-9,13H2,(H,27,31)/t16-/m1/s1. The fraction of sp³-hybridized carbons (Fsp3) is 0.391. The molecular formula is C23H23Cl2FN4O2. The number of anilines is 1. The van der Waals surface area contributed by atoms with Crippen LogP contribution in [0.3, 0.4) is 0 Å². The highest BCUT2D eigenvalue weighted by molar-refractivity contribution is 6.42. The number of nitrogens with one attached hydrogen (secondary N) is 1. The highest BCUT2D eigenvalue weighted by atomic mass is 35.5. The molecule has 168 valence electrons. The number of ether oxygens (including phenoxy) is 1. The fourth-order valence-electron chi connectivity index (χ4n) is 4.45. The van der Waals surface area contributed by atoms with E-state index in [2.05, 4.69) is 10.2 Å². The van der Waals surface area contributed by atoms with Gasteiger partial charge in [0.1, 0.15) is 5.82 Å². The maximum atomic E-state index is 14.0. The summed E-state index contributed by atoms with van der Waals surface area (Å²) in [6.45, 7) is 2.62. The first-order chi connectivity index (χ1) is 15.5. The molecule has 2 saturated heterocycles. The number of aromatic nitrogens is 2. The summed E-state index contributed by atoms with van der Waals surface area (Å²) in [5.74, 6) is 0.411. The van der Waals surface area contributed by atoms with Crippen molar-refractivity contribution in [2.24, 2.45) is 5.92 Å². The second kappa shape index (κ2) is 8.89. The molecule has 2 aliphatic rings. The number of hydrogen-bond donors (Lipinski definition) is 1. The number of carbonyl (C=O) groups excluding carboxylic acids is 1. The van der Waals surface area contributed by atoms with E-state index in [-0.39, 0.29) is 23.7 Å². The van der Waals surface area contributed by atoms with E-state index in [1.54, 1.807) is 18.2 Å². The first-order valence-corrected chi connectivity index (χ1v) is 11.5. The lowest BCUT2D eigenvalue weighted by Crippen LogP contribution is -2.44. The predicted molar refractivity (Wildman–Crippen MR) is 123 cm³/mol. The van der Waals surface area contributed by atoms with Crippen molar-refractivity contribution in [1.82, 2.24) is 14.9 Å². The molecule has 3 heterocycles. The molecular weight excluding hydrogens is 454 g/mol. The van der Waals surface area contributed by atoms with E-state index in [9.17, 15) is 9.18 Å². The van der Waals surface area contributed by atoms with Crippen LogP contribution in [0.2, 0.25) is 10.0 Å². The van der Waals surface area contributed by atoms with Gasteiger partial charge >= 0.3 is 0 Å². The minimum Gasteiger partial charge on any atom is -0.379 e. The van der Waals surface area contributed by atoms with E-state index in [1.807, 2.05) is 10.6 Å². The first kappa shape index (κ1) is 21.5. The average Bonchev–Trinajstić information content (AvgIpc) is 3.42. The Hall–Kier alpha value is -2.35. The molecule has 3 aromatic rings. The molecule has 2 fully saturated rings. The molecule has 0 aliphatic carbocycles. The Kier molecular flexibility index (Phi) is 5.97. The lowest BCUT2D eigenvalue weighted by Gasteiger charge is -2.32. The third-order valence-electron chi connectivity index (χ3n) is 6.17. The van der Waals surface area contributed by atoms with E-state index in [4.69, 9.17) is 32.9 Å². The minimum absolute atomic E-state index is 0.0391. The van der Waals surface area contributed by atoms with Crippen LogP contribution in [-0.2, 0) is 9.53 Å². The summed E-state index contributed by atoms with van der Waals surface area (Å²) in [7, 11) is 0. The molecule has 0 spiro atoms. The van der Waals surface area contributed by atoms with Crippen molar-refractivity contribution in [3.8, 4) is 5.69 Å². The summed E-state index contributed by atoms with van der Waals surface area (Å²) in [6, 6.07) is 9.98. The van der Waals surface area contributed by atoms with Crippen molar-refractivity contribution in [2.45, 2.75) is 25.3 Å². The molecule has 2 aromatic carbocycles. The Morgan fingerprint density at radius 1 is 1.12 bits per heavy atom. The van der Waals surface area contributed by atoms with Crippen molar-refractivity contribution in [2.75, 3.05) is 31.2 Å². The van der Waals surface area contributed by atoms with Crippen LogP contribution in [0.5, 0.6) is 0 Å². The van der Waals surface area contributed by atoms with Crippen LogP contribution in [0.15, 0.2) is 36.4 Å². The Balaban J connectivity index is 1.43. The number of benzene rings is 2. The molecule has 0 radical (unpaired) electrons. The van der Waals surface area contributed by atoms with Gasteiger partial charge in [-0.3, -0.25) is 9.36 Å². The van der Waals surface area contributed by atoms with Gasteiger partial charge in [-0.2, -0.15) is 0 Å². The normalized spacial score (nSPS) is 19.6. The fourth-order valence-corrected chi connectivity index (χ4v) is 4.77. The zero-order valence-corrected chi connectivity index (χ0v) is 18.9. The maximum Gasteiger partial charge on any atom is 0.223 e. The largest absolute Gasteiger partial charge is 0.379 e. The number of amides is 1. The molecule has 9 heteroatoms. The number of rotatable bonds is 4. The molecule has 0 saturated carbocycles. The van der Waals surface area contributed by atoms with Gasteiger partial charge in [-0.1, -0.05) is 29.3 Å². The van der Waals surface area contributed by atoms with Crippen molar-refractivity contribution < 1.29 is 13.9 Å². The quantitative estimate of drug-likeness (QED) is 0.597. The molecule has 6 nitrogen and oxygen atoms in total. The monoisotopic (exact) mass is 476 g/mol. The van der Waals surface area contributed by atoms with Gasteiger partial charge in [0.2, 0.25) is 11.9 Å². The van der Waals surface area contributed by atoms with Crippen molar-refractivity contribution in [1.29, 1.82) is 0 Å². The van der Waals surface area contributed by atoms with Gasteiger partial charge in [0, 0.05) is 25.6 Å². The van der Waals surface area contributed by atoms with Gasteiger partial charge in [0.15, 0.2) is 0 Å². The SMILES string of the molecule is O=C(N[C@@H]1CCOC1)C1CCN(c2nc3cc(Cl)c(Cl)cc3n2-c2cccc(F)c2)CC1. The number of imidazole rings is 1. The molecule has 1 atom stereocenters. The number of carbonyl (C=O) groups is 1. The summed E-state index contributed by atoms with van der Waals surface area (Å²) in [6.07, 6.45) is 2.30. The highest BCUT2D eigenvalue weighted by Crippen LogP contribution is 2.34. The first-order valence-electron chi connectivity index (χ1n) is 10.8. The molecule has 1 amide bonds. The van der Waals surface area contributed by atoms with Crippen LogP contribution in [0, 0.1) is 11.7 Å². The third kappa shape index (κ3) is 4.17. The zero-order valence-electron chi connectivity index (χ0n) is 17.4. The van der Waals surface area contributed by atoms with E-state index in [0.717, 1.165) is 11.9 Å². The summed E-state index contributed by atoms with van der Waals surface area (Å²) in [5.41, 5.74) is 2.09. The number of fused-ring (bicyclic) bond motifs is 1. The maximum absolute atomic E-state index is 14.0. The molecule has 1 aromatic heterocycles. The molecule has 1 N–H and O–H groups in total. The number of nitrogens with zero attached hydrogens (tertiary/aromatic N) is 3. The summed E-state index contributed by atoms with van der Waals surface area (Å²) in [5, 5.41) is 3.94. The van der Waals surface area contributed by atoms with Gasteiger partial charge in [-0.15, -0.1) is 0 Å². The lowest BCUT2D eigenvalue weighted by atomic mass is 9.95. The van der Waals surface area contributed by atoms with E-state index in [0.29, 0.717) is 66.3 Å². The van der Waals surface area contributed by atoms with E-state index < -0.39 is 0 Å². The molecule has 32 heavy (non-hydrogen) atoms. The minimum atomic E-state index is -0.332. The van der Waals surface area contributed by atoms with Gasteiger partial charge in [0.05, 0.1) is 39.4 Å². The molecule has 0 bridgehead atoms. The smallest absolute Gasteiger partial charge is 0.223 e. The Morgan fingerprint density at radius 2 is 1.91 bits per heavy atom. The van der Waals surface area contributed by atoms with Gasteiger partial charge in [-0.25, -0.2) is 9.37 Å². The zero-order chi connectivity index (χ0) is 22.2. The molecule has 5 rings (SSSR count). The van der Waals surface area contributed by atoms with Gasteiger partial charge in [-0.05, 0) is 49.6 Å². The topological polar surface area (TPSA) is 59.4 Å². The summed E-state index contributed by atoms with van der Waals surface area (Å²) in [4.78, 5) is 19.6. The van der Waals surface area contributed by atoms with E-state index >= 15 is 0 Å². The van der Waals surface area contributed by atoms with Crippen LogP contribution in [0.4, 0.5) is 10.3 Å². The number of piperidine rings is 1. The Bertz CT molecular complexity index is 1150. The summed E-state index contributed by atoms with van der Waals surface area (Å²) < 4.78 is 21.3. The highest BCUT2D eigenvalue weighted by Gasteiger charge is 2.30. The molecule has 0 unspecified atom stereocenters. The van der Waals surface area contributed by atoms with Crippen LogP contribution >= 0.6 is 23.2 Å². The lowest BCUT2D eigenvalue weighted by molar-refractivity contribution is -0.126. The van der Waals surface area contributed by atoms with Crippen LogP contribution in [0.1, 0.15) is 19.3 Å². The van der Waals surface area contributed by atoms with Crippen molar-refractivity contribution in [3.63, 3.8) is 0 Å². The number of halogens is 3. The Morgan fingerprint density at radius 3 is 2.62 bits per heavy atom. The van der Waals surface area contributed by atoms with Crippen LogP contribution in [0.25, 0.3) is 16.7 Å². The van der Waals surface area contributed by atoms with Crippen LogP contribution < -0.4 is 10.2 Å². The second-order valence-corrected chi connectivity index (χ2v) is 9.13.